The summed E-state index contributed by atoms with van der Waals surface area (Å²) in [4.78, 5) is 13.7. The van der Waals surface area contributed by atoms with Gasteiger partial charge in [0.15, 0.2) is 5.43 Å². The van der Waals surface area contributed by atoms with Crippen molar-refractivity contribution in [1.29, 1.82) is 0 Å². The Morgan fingerprint density at radius 2 is 2.50 bits per heavy atom. The van der Waals surface area contributed by atoms with Crippen LogP contribution in [0.3, 0.4) is 0 Å². The third kappa shape index (κ3) is 1.70. The van der Waals surface area contributed by atoms with Crippen LogP contribution in [0.2, 0.25) is 0 Å². The summed E-state index contributed by atoms with van der Waals surface area (Å²) in [6.45, 7) is 0.704. The molecule has 3 heteroatoms. The van der Waals surface area contributed by atoms with E-state index in [9.17, 15) is 4.79 Å². The van der Waals surface area contributed by atoms with Gasteiger partial charge in [0, 0.05) is 30.6 Å². The molecule has 0 fully saturated rings. The minimum atomic E-state index is 0.0454. The van der Waals surface area contributed by atoms with Gasteiger partial charge in [0.25, 0.3) is 0 Å². The van der Waals surface area contributed by atoms with Crippen LogP contribution in [0.5, 0.6) is 0 Å². The Balaban J connectivity index is 2.85. The average Bonchev–Trinajstić information content (AvgIpc) is 1.88. The molecule has 0 aromatic carbocycles. The van der Waals surface area contributed by atoms with Gasteiger partial charge in [-0.2, -0.15) is 0 Å². The number of nitrogens with one attached hydrogen (secondary N) is 2. The minimum Gasteiger partial charge on any atom is -0.364 e. The van der Waals surface area contributed by atoms with Gasteiger partial charge in [-0.05, 0) is 7.05 Å². The third-order valence-corrected chi connectivity index (χ3v) is 1.20. The smallest absolute Gasteiger partial charge is 0.181 e. The van der Waals surface area contributed by atoms with E-state index in [0.29, 0.717) is 6.54 Å². The molecular formula is C7H10N2O. The van der Waals surface area contributed by atoms with E-state index in [1.807, 2.05) is 7.05 Å². The summed E-state index contributed by atoms with van der Waals surface area (Å²) in [5.41, 5.74) is 0.957. The zero-order valence-corrected chi connectivity index (χ0v) is 5.85. The molecule has 0 bridgehead atoms. The van der Waals surface area contributed by atoms with Crippen molar-refractivity contribution in [3.63, 3.8) is 0 Å². The number of H-pyrrole nitrogens is 1. The standard InChI is InChI=1S/C7H10N2O/c1-8-5-6-4-7(10)2-3-9-6/h2-4,8H,5H2,1H3,(H,9,10). The van der Waals surface area contributed by atoms with Crippen LogP contribution in [-0.4, -0.2) is 12.0 Å². The highest BCUT2D eigenvalue weighted by molar-refractivity contribution is 5.03. The maximum absolute atomic E-state index is 10.7. The van der Waals surface area contributed by atoms with Crippen LogP contribution < -0.4 is 10.7 Å². The van der Waals surface area contributed by atoms with E-state index in [4.69, 9.17) is 0 Å². The molecule has 0 saturated carbocycles. The highest BCUT2D eigenvalue weighted by atomic mass is 16.1. The molecule has 1 aromatic rings. The first-order chi connectivity index (χ1) is 4.83. The minimum absolute atomic E-state index is 0.0454. The van der Waals surface area contributed by atoms with Crippen LogP contribution in [0, 0.1) is 0 Å². The summed E-state index contributed by atoms with van der Waals surface area (Å²) in [6.07, 6.45) is 1.65. The number of hydrogen-bond acceptors (Lipinski definition) is 2. The van der Waals surface area contributed by atoms with Gasteiger partial charge in [0.1, 0.15) is 0 Å². The Hall–Kier alpha value is -1.09. The normalized spacial score (nSPS) is 9.70. The van der Waals surface area contributed by atoms with Crippen molar-refractivity contribution in [3.05, 3.63) is 34.2 Å². The van der Waals surface area contributed by atoms with E-state index < -0.39 is 0 Å². The lowest BCUT2D eigenvalue weighted by Crippen LogP contribution is -2.09. The van der Waals surface area contributed by atoms with E-state index in [1.165, 1.54) is 6.07 Å². The molecule has 0 amide bonds. The molecule has 10 heavy (non-hydrogen) atoms. The zero-order chi connectivity index (χ0) is 7.40. The second kappa shape index (κ2) is 3.17. The number of rotatable bonds is 2. The molecule has 0 unspecified atom stereocenters. The molecule has 0 aliphatic carbocycles. The first-order valence-corrected chi connectivity index (χ1v) is 3.15. The SMILES string of the molecule is CNCc1cc(=O)cc[nH]1. The van der Waals surface area contributed by atoms with Gasteiger partial charge in [0.2, 0.25) is 0 Å². The van der Waals surface area contributed by atoms with Gasteiger partial charge in [-0.25, -0.2) is 0 Å². The molecule has 0 radical (unpaired) electrons. The fraction of sp³-hybridized carbons (Fsp3) is 0.286. The van der Waals surface area contributed by atoms with Crippen LogP contribution in [-0.2, 0) is 6.54 Å². The molecule has 0 aliphatic heterocycles. The number of aromatic nitrogens is 1. The van der Waals surface area contributed by atoms with Crippen molar-refractivity contribution >= 4 is 0 Å². The van der Waals surface area contributed by atoms with Crippen LogP contribution in [0.15, 0.2) is 23.1 Å². The highest BCUT2D eigenvalue weighted by Gasteiger charge is 1.88. The van der Waals surface area contributed by atoms with E-state index in [-0.39, 0.29) is 5.43 Å². The Morgan fingerprint density at radius 1 is 1.70 bits per heavy atom. The molecule has 3 nitrogen and oxygen atoms in total. The number of pyridine rings is 1. The van der Waals surface area contributed by atoms with Gasteiger partial charge in [-0.3, -0.25) is 4.79 Å². The van der Waals surface area contributed by atoms with Gasteiger partial charge in [0.05, 0.1) is 0 Å². The van der Waals surface area contributed by atoms with Crippen molar-refractivity contribution in [2.45, 2.75) is 6.54 Å². The van der Waals surface area contributed by atoms with E-state index in [2.05, 4.69) is 10.3 Å². The Kier molecular flexibility index (Phi) is 2.23. The zero-order valence-electron chi connectivity index (χ0n) is 5.85. The summed E-state index contributed by atoms with van der Waals surface area (Å²) < 4.78 is 0. The first kappa shape index (κ1) is 7.02. The molecule has 0 aliphatic rings. The topological polar surface area (TPSA) is 44.9 Å². The van der Waals surface area contributed by atoms with Crippen LogP contribution in [0.1, 0.15) is 5.69 Å². The predicted molar refractivity (Wildman–Crippen MR) is 39.8 cm³/mol. The van der Waals surface area contributed by atoms with Crippen molar-refractivity contribution < 1.29 is 0 Å². The second-order valence-electron chi connectivity index (χ2n) is 2.08. The fourth-order valence-electron chi connectivity index (χ4n) is 0.785. The molecule has 0 atom stereocenters. The van der Waals surface area contributed by atoms with Crippen molar-refractivity contribution in [2.24, 2.45) is 0 Å². The Labute approximate surface area is 59.1 Å². The Morgan fingerprint density at radius 3 is 3.10 bits per heavy atom. The number of aromatic amines is 1. The summed E-state index contributed by atoms with van der Waals surface area (Å²) in [6, 6.07) is 3.08. The molecule has 1 heterocycles. The molecule has 1 rings (SSSR count). The molecule has 2 N–H and O–H groups in total. The maximum Gasteiger partial charge on any atom is 0.181 e. The van der Waals surface area contributed by atoms with Gasteiger partial charge < -0.3 is 10.3 Å². The van der Waals surface area contributed by atoms with Gasteiger partial charge in [-0.1, -0.05) is 0 Å². The van der Waals surface area contributed by atoms with Crippen LogP contribution >= 0.6 is 0 Å². The van der Waals surface area contributed by atoms with E-state index in [1.54, 1.807) is 12.3 Å². The van der Waals surface area contributed by atoms with Crippen molar-refractivity contribution in [1.82, 2.24) is 10.3 Å². The fourth-order valence-corrected chi connectivity index (χ4v) is 0.785. The molecule has 0 saturated heterocycles. The first-order valence-electron chi connectivity index (χ1n) is 3.15. The largest absolute Gasteiger partial charge is 0.364 e. The highest BCUT2D eigenvalue weighted by Crippen LogP contribution is 1.85. The van der Waals surface area contributed by atoms with E-state index >= 15 is 0 Å². The monoisotopic (exact) mass is 138 g/mol. The molecule has 54 valence electrons. The number of hydrogen-bond donors (Lipinski definition) is 2. The lowest BCUT2D eigenvalue weighted by molar-refractivity contribution is 0.790. The van der Waals surface area contributed by atoms with Gasteiger partial charge in [-0.15, -0.1) is 0 Å². The molecule has 1 aromatic heterocycles. The lowest BCUT2D eigenvalue weighted by atomic mass is 10.3. The maximum atomic E-state index is 10.7. The lowest BCUT2D eigenvalue weighted by Gasteiger charge is -1.96. The second-order valence-corrected chi connectivity index (χ2v) is 2.08. The summed E-state index contributed by atoms with van der Waals surface area (Å²) in [7, 11) is 1.84. The molecule has 0 spiro atoms. The van der Waals surface area contributed by atoms with Crippen molar-refractivity contribution in [2.75, 3.05) is 7.05 Å². The van der Waals surface area contributed by atoms with Crippen molar-refractivity contribution in [3.8, 4) is 0 Å². The molecular weight excluding hydrogens is 128 g/mol. The summed E-state index contributed by atoms with van der Waals surface area (Å²) in [5.74, 6) is 0. The Bertz CT molecular complexity index is 254. The van der Waals surface area contributed by atoms with Crippen LogP contribution in [0.4, 0.5) is 0 Å². The third-order valence-electron chi connectivity index (χ3n) is 1.20. The predicted octanol–water partition coefficient (Wildman–Crippen LogP) is 0.0943. The van der Waals surface area contributed by atoms with Crippen LogP contribution in [0.25, 0.3) is 0 Å². The summed E-state index contributed by atoms with van der Waals surface area (Å²) >= 11 is 0. The van der Waals surface area contributed by atoms with E-state index in [0.717, 1.165) is 5.69 Å². The van der Waals surface area contributed by atoms with Gasteiger partial charge >= 0.3 is 0 Å². The average molecular weight is 138 g/mol. The summed E-state index contributed by atoms with van der Waals surface area (Å²) in [5, 5.41) is 2.94. The quantitative estimate of drug-likeness (QED) is 0.608.